The number of hydrogen-bond acceptors (Lipinski definition) is 5. The lowest BCUT2D eigenvalue weighted by Gasteiger charge is -2.41. The van der Waals surface area contributed by atoms with Gasteiger partial charge in [0.15, 0.2) is 0 Å². The van der Waals surface area contributed by atoms with Crippen LogP contribution in [0.15, 0.2) is 72.8 Å². The Labute approximate surface area is 204 Å². The van der Waals surface area contributed by atoms with Crippen molar-refractivity contribution in [3.63, 3.8) is 0 Å². The monoisotopic (exact) mass is 465 g/mol. The second-order valence-corrected chi connectivity index (χ2v) is 9.92. The summed E-state index contributed by atoms with van der Waals surface area (Å²) in [7, 11) is 1.95. The molecular formula is C29H39NO4. The number of hydrogen-bond donors (Lipinski definition) is 0. The summed E-state index contributed by atoms with van der Waals surface area (Å²) in [4.78, 5) is 25.9. The molecule has 0 N–H and O–H groups in total. The molecule has 0 aliphatic rings. The first-order valence-corrected chi connectivity index (χ1v) is 11.9. The van der Waals surface area contributed by atoms with Gasteiger partial charge in [-0.05, 0) is 51.3 Å². The quantitative estimate of drug-likeness (QED) is 0.241. The maximum atomic E-state index is 12.1. The van der Waals surface area contributed by atoms with Crippen molar-refractivity contribution in [2.45, 2.75) is 58.5 Å². The molecule has 2 rings (SSSR count). The Morgan fingerprint density at radius 2 is 1.38 bits per heavy atom. The molecule has 0 saturated carbocycles. The van der Waals surface area contributed by atoms with Gasteiger partial charge in [-0.15, -0.1) is 0 Å². The Bertz CT molecular complexity index is 892. The van der Waals surface area contributed by atoms with E-state index in [2.05, 4.69) is 62.4 Å². The number of ether oxygens (including phenoxy) is 2. The van der Waals surface area contributed by atoms with Gasteiger partial charge in [0, 0.05) is 24.1 Å². The largest absolute Gasteiger partial charge is 0.457 e. The van der Waals surface area contributed by atoms with Gasteiger partial charge in [0.2, 0.25) is 0 Å². The molecular weight excluding hydrogens is 426 g/mol. The summed E-state index contributed by atoms with van der Waals surface area (Å²) < 4.78 is 10.6. The molecule has 0 heterocycles. The van der Waals surface area contributed by atoms with Gasteiger partial charge in [0.1, 0.15) is 12.3 Å². The first kappa shape index (κ1) is 27.3. The second kappa shape index (κ2) is 12.5. The fourth-order valence-electron chi connectivity index (χ4n) is 4.24. The van der Waals surface area contributed by atoms with Crippen LogP contribution in [-0.4, -0.2) is 42.8 Å². The molecule has 0 amide bonds. The highest BCUT2D eigenvalue weighted by molar-refractivity contribution is 5.91. The van der Waals surface area contributed by atoms with Gasteiger partial charge < -0.3 is 9.47 Å². The van der Waals surface area contributed by atoms with E-state index < -0.39 is 17.5 Å². The molecule has 0 saturated heterocycles. The zero-order valence-electron chi connectivity index (χ0n) is 21.4. The van der Waals surface area contributed by atoms with E-state index in [4.69, 9.17) is 9.47 Å². The number of carbonyl (C=O) groups is 2. The molecule has 2 aromatic carbocycles. The first-order chi connectivity index (χ1) is 16.1. The Hall–Kier alpha value is -2.92. The van der Waals surface area contributed by atoms with Crippen LogP contribution in [0.5, 0.6) is 0 Å². The molecule has 0 aliphatic carbocycles. The van der Waals surface area contributed by atoms with Crippen molar-refractivity contribution in [1.82, 2.24) is 4.90 Å². The molecule has 5 nitrogen and oxygen atoms in total. The summed E-state index contributed by atoms with van der Waals surface area (Å²) >= 11 is 0. The summed E-state index contributed by atoms with van der Waals surface area (Å²) in [5.41, 5.74) is 1.73. The fourth-order valence-corrected chi connectivity index (χ4v) is 4.24. The second-order valence-electron chi connectivity index (χ2n) is 9.92. The van der Waals surface area contributed by atoms with Crippen LogP contribution in [0.4, 0.5) is 0 Å². The van der Waals surface area contributed by atoms with Crippen LogP contribution in [0, 0.1) is 5.92 Å². The minimum atomic E-state index is -0.607. The molecule has 1 atom stereocenters. The fraction of sp³-hybridized carbons (Fsp3) is 0.448. The number of esters is 2. The number of carbonyl (C=O) groups excluding carboxylic acids is 2. The van der Waals surface area contributed by atoms with Gasteiger partial charge in [0.05, 0.1) is 0 Å². The summed E-state index contributed by atoms with van der Waals surface area (Å²) in [6.45, 7) is 10.7. The number of benzene rings is 2. The molecule has 34 heavy (non-hydrogen) atoms. The van der Waals surface area contributed by atoms with E-state index in [-0.39, 0.29) is 12.1 Å². The lowest BCUT2D eigenvalue weighted by Crippen LogP contribution is -2.41. The van der Waals surface area contributed by atoms with Crippen LogP contribution in [0.25, 0.3) is 0 Å². The van der Waals surface area contributed by atoms with Crippen molar-refractivity contribution in [2.24, 2.45) is 5.92 Å². The van der Waals surface area contributed by atoms with Gasteiger partial charge in [0.25, 0.3) is 0 Å². The summed E-state index contributed by atoms with van der Waals surface area (Å²) in [6.07, 6.45) is 4.29. The van der Waals surface area contributed by atoms with Gasteiger partial charge in [-0.25, -0.2) is 9.59 Å². The van der Waals surface area contributed by atoms with Gasteiger partial charge in [-0.1, -0.05) is 80.9 Å². The van der Waals surface area contributed by atoms with Crippen molar-refractivity contribution in [1.29, 1.82) is 0 Å². The van der Waals surface area contributed by atoms with Crippen molar-refractivity contribution < 1.29 is 19.1 Å². The van der Waals surface area contributed by atoms with Crippen LogP contribution in [0.2, 0.25) is 0 Å². The van der Waals surface area contributed by atoms with Gasteiger partial charge in [-0.3, -0.25) is 4.90 Å². The van der Waals surface area contributed by atoms with Crippen molar-refractivity contribution in [3.8, 4) is 0 Å². The predicted octanol–water partition coefficient (Wildman–Crippen LogP) is 5.74. The SMILES string of the molecule is CCCC(CN(C)COC(=O)/C=C\C(=O)OC(C)(C)C)C(C)(c1ccccc1)c1ccccc1. The third-order valence-corrected chi connectivity index (χ3v) is 5.92. The highest BCUT2D eigenvalue weighted by Gasteiger charge is 2.37. The van der Waals surface area contributed by atoms with Crippen molar-refractivity contribution >= 4 is 11.9 Å². The lowest BCUT2D eigenvalue weighted by atomic mass is 9.65. The van der Waals surface area contributed by atoms with Crippen LogP contribution in [0.1, 0.15) is 58.6 Å². The Kier molecular flexibility index (Phi) is 10.1. The Morgan fingerprint density at radius 1 is 0.882 bits per heavy atom. The lowest BCUT2D eigenvalue weighted by molar-refractivity contribution is -0.149. The minimum Gasteiger partial charge on any atom is -0.457 e. The van der Waals surface area contributed by atoms with Gasteiger partial charge >= 0.3 is 11.9 Å². The van der Waals surface area contributed by atoms with E-state index in [1.54, 1.807) is 20.8 Å². The van der Waals surface area contributed by atoms with E-state index in [0.29, 0.717) is 5.92 Å². The maximum absolute atomic E-state index is 12.1. The third kappa shape index (κ3) is 8.14. The van der Waals surface area contributed by atoms with Crippen LogP contribution in [0.3, 0.4) is 0 Å². The van der Waals surface area contributed by atoms with Gasteiger partial charge in [-0.2, -0.15) is 0 Å². The molecule has 0 aromatic heterocycles. The topological polar surface area (TPSA) is 55.8 Å². The Balaban J connectivity index is 2.11. The number of rotatable bonds is 11. The average Bonchev–Trinajstić information content (AvgIpc) is 2.80. The molecule has 0 bridgehead atoms. The molecule has 1 unspecified atom stereocenters. The maximum Gasteiger partial charge on any atom is 0.332 e. The highest BCUT2D eigenvalue weighted by atomic mass is 16.6. The van der Waals surface area contributed by atoms with E-state index >= 15 is 0 Å². The third-order valence-electron chi connectivity index (χ3n) is 5.92. The molecule has 184 valence electrons. The van der Waals surface area contributed by atoms with E-state index in [1.807, 2.05) is 24.1 Å². The molecule has 5 heteroatoms. The van der Waals surface area contributed by atoms with E-state index in [0.717, 1.165) is 31.5 Å². The molecule has 0 fully saturated rings. The van der Waals surface area contributed by atoms with Crippen molar-refractivity contribution in [3.05, 3.63) is 83.9 Å². The van der Waals surface area contributed by atoms with Crippen LogP contribution >= 0.6 is 0 Å². The standard InChI is InChI=1S/C29H39NO4/c1-7-14-25(21-30(6)22-33-26(31)19-20-27(32)34-28(2,3)4)29(5,23-15-10-8-11-16-23)24-17-12-9-13-18-24/h8-13,15-20,25H,7,14,21-22H2,1-6H3/b20-19-. The average molecular weight is 466 g/mol. The zero-order valence-corrected chi connectivity index (χ0v) is 21.4. The van der Waals surface area contributed by atoms with Crippen LogP contribution in [-0.2, 0) is 24.5 Å². The summed E-state index contributed by atoms with van der Waals surface area (Å²) in [5, 5.41) is 0. The Morgan fingerprint density at radius 3 is 1.85 bits per heavy atom. The predicted molar refractivity (Wildman–Crippen MR) is 136 cm³/mol. The molecule has 0 aliphatic heterocycles. The zero-order chi connectivity index (χ0) is 25.2. The van der Waals surface area contributed by atoms with E-state index in [9.17, 15) is 9.59 Å². The van der Waals surface area contributed by atoms with Crippen LogP contribution < -0.4 is 0 Å². The van der Waals surface area contributed by atoms with E-state index in [1.165, 1.54) is 11.1 Å². The smallest absolute Gasteiger partial charge is 0.332 e. The highest BCUT2D eigenvalue weighted by Crippen LogP contribution is 2.41. The molecule has 0 radical (unpaired) electrons. The number of nitrogens with zero attached hydrogens (tertiary/aromatic N) is 1. The first-order valence-electron chi connectivity index (χ1n) is 11.9. The normalized spacial score (nSPS) is 13.1. The summed E-state index contributed by atoms with van der Waals surface area (Å²) in [5.74, 6) is -0.843. The van der Waals surface area contributed by atoms with Crippen molar-refractivity contribution in [2.75, 3.05) is 20.3 Å². The minimum absolute atomic E-state index is 0.136. The summed E-state index contributed by atoms with van der Waals surface area (Å²) in [6, 6.07) is 21.2. The molecule has 2 aromatic rings. The molecule has 0 spiro atoms.